The molecule has 5 heterocycles. The van der Waals surface area contributed by atoms with E-state index in [2.05, 4.69) is 204 Å². The van der Waals surface area contributed by atoms with Gasteiger partial charge in [-0.3, -0.25) is 0 Å². The van der Waals surface area contributed by atoms with E-state index in [1.807, 2.05) is 11.3 Å². The van der Waals surface area contributed by atoms with Crippen LogP contribution in [0.15, 0.2) is 144 Å². The van der Waals surface area contributed by atoms with Gasteiger partial charge in [0.1, 0.15) is 11.2 Å². The Morgan fingerprint density at radius 2 is 1.25 bits per heavy atom. The summed E-state index contributed by atoms with van der Waals surface area (Å²) in [6.07, 6.45) is 0. The molecule has 3 aliphatic rings. The molecule has 2 aliphatic heterocycles. The van der Waals surface area contributed by atoms with Crippen LogP contribution in [0, 0.1) is 0 Å². The van der Waals surface area contributed by atoms with Crippen molar-refractivity contribution in [3.05, 3.63) is 162 Å². The monoisotopic (exact) mass is 842 g/mol. The van der Waals surface area contributed by atoms with Gasteiger partial charge in [-0.1, -0.05) is 140 Å². The molecule has 64 heavy (non-hydrogen) atoms. The summed E-state index contributed by atoms with van der Waals surface area (Å²) < 4.78 is 12.2. The number of benzene rings is 8. The van der Waals surface area contributed by atoms with Crippen LogP contribution in [-0.2, 0) is 16.2 Å². The number of hydrogen-bond donors (Lipinski definition) is 0. The van der Waals surface area contributed by atoms with Gasteiger partial charge in [0.2, 0.25) is 0 Å². The lowest BCUT2D eigenvalue weighted by Crippen LogP contribution is -2.60. The Bertz CT molecular complexity index is 3900. The van der Waals surface area contributed by atoms with Crippen molar-refractivity contribution in [3.8, 4) is 27.9 Å². The minimum Gasteiger partial charge on any atom is -0.456 e. The molecule has 0 N–H and O–H groups in total. The van der Waals surface area contributed by atoms with E-state index in [1.54, 1.807) is 0 Å². The molecule has 14 rings (SSSR count). The van der Waals surface area contributed by atoms with Gasteiger partial charge < -0.3 is 13.8 Å². The molecule has 0 radical (unpaired) electrons. The summed E-state index contributed by atoms with van der Waals surface area (Å²) in [5.41, 5.74) is 21.3. The van der Waals surface area contributed by atoms with Crippen LogP contribution in [0.25, 0.3) is 91.9 Å². The number of aromatic nitrogens is 1. The number of anilines is 2. The first-order valence-electron chi connectivity index (χ1n) is 22.9. The molecule has 1 aliphatic carbocycles. The molecule has 3 nitrogen and oxygen atoms in total. The van der Waals surface area contributed by atoms with E-state index in [0.29, 0.717) is 0 Å². The fourth-order valence-corrected chi connectivity index (χ4v) is 13.1. The number of rotatable bonds is 1. The van der Waals surface area contributed by atoms with Crippen LogP contribution in [0.5, 0.6) is 0 Å². The maximum atomic E-state index is 6.91. The fourth-order valence-electron chi connectivity index (χ4n) is 11.9. The van der Waals surface area contributed by atoms with Crippen molar-refractivity contribution in [3.63, 3.8) is 0 Å². The maximum absolute atomic E-state index is 6.91. The van der Waals surface area contributed by atoms with Gasteiger partial charge in [0.05, 0.1) is 11.0 Å². The Morgan fingerprint density at radius 1 is 0.516 bits per heavy atom. The minimum atomic E-state index is -0.157. The topological polar surface area (TPSA) is 21.3 Å². The minimum absolute atomic E-state index is 0.0133. The van der Waals surface area contributed by atoms with E-state index >= 15 is 0 Å². The highest BCUT2D eigenvalue weighted by atomic mass is 32.1. The van der Waals surface area contributed by atoms with Crippen LogP contribution in [0.2, 0.25) is 0 Å². The Kier molecular flexibility index (Phi) is 6.89. The number of fused-ring (bicyclic) bond motifs is 17. The van der Waals surface area contributed by atoms with Gasteiger partial charge >= 0.3 is 6.85 Å². The number of thiophene rings is 1. The van der Waals surface area contributed by atoms with Gasteiger partial charge in [-0.05, 0) is 109 Å². The Labute approximate surface area is 377 Å². The largest absolute Gasteiger partial charge is 0.456 e. The summed E-state index contributed by atoms with van der Waals surface area (Å²) in [4.78, 5) is 2.66. The molecule has 308 valence electrons. The van der Waals surface area contributed by atoms with Gasteiger partial charge in [0, 0.05) is 75.8 Å². The third kappa shape index (κ3) is 4.68. The summed E-state index contributed by atoms with van der Waals surface area (Å²) in [6.45, 7) is 18.5. The van der Waals surface area contributed by atoms with Crippen molar-refractivity contribution in [2.75, 3.05) is 4.81 Å². The normalized spacial score (nSPS) is 14.9. The second-order valence-corrected chi connectivity index (χ2v) is 22.4. The van der Waals surface area contributed by atoms with E-state index in [4.69, 9.17) is 4.42 Å². The van der Waals surface area contributed by atoms with Crippen LogP contribution in [-0.4, -0.2) is 11.4 Å². The summed E-state index contributed by atoms with van der Waals surface area (Å²) in [5.74, 6) is 0. The molecule has 0 unspecified atom stereocenters. The predicted octanol–water partition coefficient (Wildman–Crippen LogP) is 15.2. The molecule has 3 aromatic heterocycles. The zero-order chi connectivity index (χ0) is 43.3. The molecule has 0 saturated carbocycles. The SMILES string of the molecule is CC(C)(C)c1ccc(N2B3c4cc5c(cc4-n4c6cc7sc8ccccc8c7cc6c6ccc(c3c64)-c3cc4c(cc32)oc2cc(C(C)(C)C)ccc24)-c2ccccc2C5(C)C)cc1. The van der Waals surface area contributed by atoms with Crippen molar-refractivity contribution in [1.82, 2.24) is 4.57 Å². The van der Waals surface area contributed by atoms with Gasteiger partial charge in [-0.2, -0.15) is 0 Å². The van der Waals surface area contributed by atoms with Gasteiger partial charge in [-0.15, -0.1) is 11.3 Å². The third-order valence-electron chi connectivity index (χ3n) is 15.3. The van der Waals surface area contributed by atoms with E-state index in [9.17, 15) is 0 Å². The Morgan fingerprint density at radius 3 is 2.06 bits per heavy atom. The third-order valence-corrected chi connectivity index (χ3v) is 16.4. The lowest BCUT2D eigenvalue weighted by Gasteiger charge is -2.42. The molecule has 0 amide bonds. The lowest BCUT2D eigenvalue weighted by molar-refractivity contribution is 0.587. The molecule has 11 aromatic rings. The zero-order valence-corrected chi connectivity index (χ0v) is 38.4. The smallest absolute Gasteiger partial charge is 0.333 e. The standard InChI is InChI=1S/C59H47BN2OS/c1-57(2,3)32-17-20-34(21-18-32)62-49-30-52-43(36-22-19-33(58(4,5)6)25-51(36)63-52)26-41(49)38-23-24-39-42-27-44-37-14-10-12-16-53(37)64-54(44)31-48(42)61-50-28-40-35-13-9-11-15-45(35)59(7,8)46(40)29-47(50)60(62)55(38)56(39)61/h9-31H,1-8H3. The van der Waals surface area contributed by atoms with Crippen LogP contribution < -0.4 is 15.7 Å². The molecule has 0 saturated heterocycles. The van der Waals surface area contributed by atoms with Crippen molar-refractivity contribution < 1.29 is 4.42 Å². The van der Waals surface area contributed by atoms with Crippen molar-refractivity contribution in [2.45, 2.75) is 71.6 Å². The fraction of sp³-hybridized carbons (Fsp3) is 0.186. The highest BCUT2D eigenvalue weighted by Gasteiger charge is 2.46. The maximum Gasteiger partial charge on any atom is 0.333 e. The lowest BCUT2D eigenvalue weighted by atomic mass is 9.43. The molecule has 0 atom stereocenters. The quantitative estimate of drug-likeness (QED) is 0.154. The van der Waals surface area contributed by atoms with E-state index in [0.717, 1.165) is 21.9 Å². The number of hydrogen-bond acceptors (Lipinski definition) is 3. The van der Waals surface area contributed by atoms with Crippen molar-refractivity contribution >= 4 is 104 Å². The first-order chi connectivity index (χ1) is 30.7. The second-order valence-electron chi connectivity index (χ2n) is 21.3. The van der Waals surface area contributed by atoms with Crippen molar-refractivity contribution in [1.29, 1.82) is 0 Å². The van der Waals surface area contributed by atoms with Crippen LogP contribution in [0.4, 0.5) is 11.4 Å². The predicted molar refractivity (Wildman–Crippen MR) is 275 cm³/mol. The Balaban J connectivity index is 1.14. The highest BCUT2D eigenvalue weighted by Crippen LogP contribution is 2.53. The summed E-state index contributed by atoms with van der Waals surface area (Å²) >= 11 is 1.90. The highest BCUT2D eigenvalue weighted by molar-refractivity contribution is 7.25. The summed E-state index contributed by atoms with van der Waals surface area (Å²) in [6, 6.07) is 54.0. The van der Waals surface area contributed by atoms with E-state index in [-0.39, 0.29) is 23.1 Å². The zero-order valence-electron chi connectivity index (χ0n) is 37.6. The van der Waals surface area contributed by atoms with Gasteiger partial charge in [-0.25, -0.2) is 0 Å². The Hall–Kier alpha value is -6.56. The van der Waals surface area contributed by atoms with E-state index < -0.39 is 0 Å². The molecular weight excluding hydrogens is 796 g/mol. The molecule has 0 bridgehead atoms. The molecule has 0 spiro atoms. The van der Waals surface area contributed by atoms with Gasteiger partial charge in [0.15, 0.2) is 0 Å². The first-order valence-corrected chi connectivity index (χ1v) is 23.7. The molecule has 8 aromatic carbocycles. The van der Waals surface area contributed by atoms with Gasteiger partial charge in [0.25, 0.3) is 0 Å². The van der Waals surface area contributed by atoms with Crippen LogP contribution in [0.1, 0.15) is 77.6 Å². The molecule has 0 fully saturated rings. The van der Waals surface area contributed by atoms with Crippen LogP contribution in [0.3, 0.4) is 0 Å². The van der Waals surface area contributed by atoms with E-state index in [1.165, 1.54) is 114 Å². The van der Waals surface area contributed by atoms with Crippen LogP contribution >= 0.6 is 11.3 Å². The number of nitrogens with zero attached hydrogens (tertiary/aromatic N) is 2. The first kappa shape index (κ1) is 36.9. The molecular formula is C59H47BN2OS. The summed E-state index contributed by atoms with van der Waals surface area (Å²) in [7, 11) is 0. The average molecular weight is 843 g/mol. The molecule has 5 heteroatoms. The van der Waals surface area contributed by atoms with Crippen molar-refractivity contribution in [2.24, 2.45) is 0 Å². The average Bonchev–Trinajstić information content (AvgIpc) is 3.99. The number of furan rings is 1. The second kappa shape index (κ2) is 12.0. The summed E-state index contributed by atoms with van der Waals surface area (Å²) in [5, 5.41) is 7.59.